The van der Waals surface area contributed by atoms with Crippen molar-refractivity contribution in [3.8, 4) is 0 Å². The van der Waals surface area contributed by atoms with Crippen LogP contribution in [0.1, 0.15) is 65.2 Å². The molecule has 1 spiro atoms. The minimum Gasteiger partial charge on any atom is -0.396 e. The maximum absolute atomic E-state index is 12.8. The van der Waals surface area contributed by atoms with Crippen molar-refractivity contribution < 1.29 is 14.7 Å². The summed E-state index contributed by atoms with van der Waals surface area (Å²) in [4.78, 5) is 26.5. The molecular weight excluding hydrogens is 242 g/mol. The highest BCUT2D eigenvalue weighted by atomic mass is 16.3. The molecule has 0 unspecified atom stereocenters. The second kappa shape index (κ2) is 5.23. The summed E-state index contributed by atoms with van der Waals surface area (Å²) in [5.41, 5.74) is -1.00. The number of carbonyl (C=O) groups excluding carboxylic acids is 2. The van der Waals surface area contributed by atoms with Gasteiger partial charge in [0.15, 0.2) is 0 Å². The number of nitrogens with zero attached hydrogens (tertiary/aromatic N) is 1. The average Bonchev–Trinajstić information content (AvgIpc) is 2.50. The number of hydrogen-bond donors (Lipinski definition) is 1. The zero-order valence-electron chi connectivity index (χ0n) is 12.1. The highest BCUT2D eigenvalue weighted by Crippen LogP contribution is 2.46. The minimum atomic E-state index is -0.571. The first-order chi connectivity index (χ1) is 8.93. The van der Waals surface area contributed by atoms with Crippen LogP contribution in [-0.4, -0.2) is 34.0 Å². The van der Waals surface area contributed by atoms with E-state index in [4.69, 9.17) is 5.11 Å². The smallest absolute Gasteiger partial charge is 0.236 e. The molecule has 2 amide bonds. The summed E-state index contributed by atoms with van der Waals surface area (Å²) < 4.78 is 0. The molecule has 4 heteroatoms. The Balaban J connectivity index is 2.24. The highest BCUT2D eigenvalue weighted by Gasteiger charge is 2.54. The molecule has 1 heterocycles. The Bertz CT molecular complexity index is 368. The molecular formula is C15H25NO3. The number of likely N-dealkylation sites (tertiary alicyclic amines) is 1. The van der Waals surface area contributed by atoms with E-state index in [2.05, 4.69) is 0 Å². The first-order valence-electron chi connectivity index (χ1n) is 7.41. The van der Waals surface area contributed by atoms with E-state index in [1.807, 2.05) is 13.8 Å². The third kappa shape index (κ3) is 2.55. The van der Waals surface area contributed by atoms with Crippen LogP contribution >= 0.6 is 0 Å². The first kappa shape index (κ1) is 14.5. The van der Waals surface area contributed by atoms with Gasteiger partial charge < -0.3 is 5.11 Å². The number of hydrogen-bond acceptors (Lipinski definition) is 3. The predicted molar refractivity (Wildman–Crippen MR) is 72.4 cm³/mol. The molecule has 108 valence electrons. The van der Waals surface area contributed by atoms with Gasteiger partial charge in [0.05, 0.1) is 5.41 Å². The van der Waals surface area contributed by atoms with Gasteiger partial charge >= 0.3 is 0 Å². The summed E-state index contributed by atoms with van der Waals surface area (Å²) >= 11 is 0. The SMILES string of the molecule is CC(C)(CCO)N1C(=O)CC2(CCCCCC2)C1=O. The van der Waals surface area contributed by atoms with Gasteiger partial charge in [-0.05, 0) is 33.1 Å². The fourth-order valence-corrected chi connectivity index (χ4v) is 3.59. The zero-order valence-corrected chi connectivity index (χ0v) is 12.1. The molecule has 0 bridgehead atoms. The first-order valence-corrected chi connectivity index (χ1v) is 7.41. The van der Waals surface area contributed by atoms with Gasteiger partial charge in [-0.25, -0.2) is 0 Å². The van der Waals surface area contributed by atoms with E-state index in [9.17, 15) is 9.59 Å². The molecule has 1 saturated heterocycles. The molecule has 2 rings (SSSR count). The van der Waals surface area contributed by atoms with Gasteiger partial charge in [-0.3, -0.25) is 14.5 Å². The van der Waals surface area contributed by atoms with Crippen molar-refractivity contribution in [2.75, 3.05) is 6.61 Å². The number of aliphatic hydroxyl groups is 1. The molecule has 2 aliphatic rings. The Kier molecular flexibility index (Phi) is 4.00. The molecule has 1 aliphatic heterocycles. The molecule has 0 aromatic carbocycles. The fraction of sp³-hybridized carbons (Fsp3) is 0.867. The summed E-state index contributed by atoms with van der Waals surface area (Å²) in [5.74, 6) is -0.0387. The normalized spacial score (nSPS) is 24.1. The molecule has 2 fully saturated rings. The molecule has 0 aromatic rings. The van der Waals surface area contributed by atoms with Gasteiger partial charge in [-0.15, -0.1) is 0 Å². The van der Waals surface area contributed by atoms with Crippen LogP contribution in [0.5, 0.6) is 0 Å². The van der Waals surface area contributed by atoms with Gasteiger partial charge in [-0.2, -0.15) is 0 Å². The van der Waals surface area contributed by atoms with Crippen molar-refractivity contribution in [1.29, 1.82) is 0 Å². The van der Waals surface area contributed by atoms with Crippen LogP contribution in [0.25, 0.3) is 0 Å². The highest BCUT2D eigenvalue weighted by molar-refractivity contribution is 6.06. The number of carbonyl (C=O) groups is 2. The van der Waals surface area contributed by atoms with E-state index < -0.39 is 11.0 Å². The van der Waals surface area contributed by atoms with Gasteiger partial charge in [0.2, 0.25) is 11.8 Å². The lowest BCUT2D eigenvalue weighted by Gasteiger charge is -2.35. The topological polar surface area (TPSA) is 57.6 Å². The number of rotatable bonds is 3. The van der Waals surface area contributed by atoms with Gasteiger partial charge in [-0.1, -0.05) is 25.7 Å². The van der Waals surface area contributed by atoms with Crippen molar-refractivity contribution in [2.24, 2.45) is 5.41 Å². The van der Waals surface area contributed by atoms with Crippen LogP contribution in [0.4, 0.5) is 0 Å². The Morgan fingerprint density at radius 3 is 2.26 bits per heavy atom. The Hall–Kier alpha value is -0.900. The largest absolute Gasteiger partial charge is 0.396 e. The second-order valence-electron chi connectivity index (χ2n) is 6.69. The summed E-state index contributed by atoms with van der Waals surface area (Å²) in [6, 6.07) is 0. The summed E-state index contributed by atoms with van der Waals surface area (Å²) in [5, 5.41) is 9.13. The summed E-state index contributed by atoms with van der Waals surface area (Å²) in [6.07, 6.45) is 6.96. The molecule has 0 radical (unpaired) electrons. The Labute approximate surface area is 115 Å². The van der Waals surface area contributed by atoms with E-state index in [0.29, 0.717) is 12.8 Å². The molecule has 4 nitrogen and oxygen atoms in total. The third-order valence-corrected chi connectivity index (χ3v) is 4.79. The monoisotopic (exact) mass is 267 g/mol. The van der Waals surface area contributed by atoms with Crippen LogP contribution < -0.4 is 0 Å². The van der Waals surface area contributed by atoms with Crippen molar-refractivity contribution in [1.82, 2.24) is 4.90 Å². The van der Waals surface area contributed by atoms with E-state index >= 15 is 0 Å². The molecule has 1 N–H and O–H groups in total. The lowest BCUT2D eigenvalue weighted by atomic mass is 9.78. The zero-order chi connectivity index (χ0) is 14.1. The summed E-state index contributed by atoms with van der Waals surface area (Å²) in [7, 11) is 0. The fourth-order valence-electron chi connectivity index (χ4n) is 3.59. The number of amides is 2. The third-order valence-electron chi connectivity index (χ3n) is 4.79. The average molecular weight is 267 g/mol. The van der Waals surface area contributed by atoms with Gasteiger partial charge in [0.25, 0.3) is 0 Å². The predicted octanol–water partition coefficient (Wildman–Crippen LogP) is 2.25. The van der Waals surface area contributed by atoms with E-state index in [-0.39, 0.29) is 18.4 Å². The van der Waals surface area contributed by atoms with Crippen LogP contribution in [0.15, 0.2) is 0 Å². The van der Waals surface area contributed by atoms with Crippen LogP contribution in [0, 0.1) is 5.41 Å². The minimum absolute atomic E-state index is 0.00292. The molecule has 19 heavy (non-hydrogen) atoms. The van der Waals surface area contributed by atoms with Crippen LogP contribution in [0.2, 0.25) is 0 Å². The van der Waals surface area contributed by atoms with E-state index in [1.165, 1.54) is 17.7 Å². The van der Waals surface area contributed by atoms with Crippen LogP contribution in [0.3, 0.4) is 0 Å². The molecule has 1 aliphatic carbocycles. The van der Waals surface area contributed by atoms with E-state index in [1.54, 1.807) is 0 Å². The maximum Gasteiger partial charge on any atom is 0.236 e. The van der Waals surface area contributed by atoms with Crippen molar-refractivity contribution in [2.45, 2.75) is 70.8 Å². The quantitative estimate of drug-likeness (QED) is 0.798. The second-order valence-corrected chi connectivity index (χ2v) is 6.69. The maximum atomic E-state index is 12.8. The molecule has 1 saturated carbocycles. The van der Waals surface area contributed by atoms with Gasteiger partial charge in [0, 0.05) is 18.6 Å². The van der Waals surface area contributed by atoms with Crippen molar-refractivity contribution in [3.05, 3.63) is 0 Å². The molecule has 0 aromatic heterocycles. The van der Waals surface area contributed by atoms with E-state index in [0.717, 1.165) is 25.7 Å². The Morgan fingerprint density at radius 2 is 1.74 bits per heavy atom. The van der Waals surface area contributed by atoms with Crippen molar-refractivity contribution >= 4 is 11.8 Å². The van der Waals surface area contributed by atoms with Gasteiger partial charge in [0.1, 0.15) is 0 Å². The lowest BCUT2D eigenvalue weighted by Crippen LogP contribution is -2.49. The number of imide groups is 1. The number of aliphatic hydroxyl groups excluding tert-OH is 1. The van der Waals surface area contributed by atoms with Crippen molar-refractivity contribution in [3.63, 3.8) is 0 Å². The van der Waals surface area contributed by atoms with Crippen LogP contribution in [-0.2, 0) is 9.59 Å². The Morgan fingerprint density at radius 1 is 1.16 bits per heavy atom. The standard InChI is InChI=1S/C15H25NO3/c1-14(2,9-10-17)16-12(18)11-15(13(16)19)7-5-3-4-6-8-15/h17H,3-11H2,1-2H3. The molecule has 0 atom stereocenters. The summed E-state index contributed by atoms with van der Waals surface area (Å²) in [6.45, 7) is 3.74. The lowest BCUT2D eigenvalue weighted by molar-refractivity contribution is -0.148.